The molecule has 1 radical (unpaired) electrons. The Kier molecular flexibility index (Phi) is 8.00. The minimum atomic E-state index is -0.114. The van der Waals surface area contributed by atoms with Gasteiger partial charge in [0.25, 0.3) is 0 Å². The van der Waals surface area contributed by atoms with Gasteiger partial charge in [-0.2, -0.15) is 0 Å². The molecule has 1 nitrogen and oxygen atoms in total. The van der Waals surface area contributed by atoms with E-state index in [4.69, 9.17) is 46.4 Å². The number of rotatable bonds is 3. The Bertz CT molecular complexity index is 385. The fourth-order valence-electron chi connectivity index (χ4n) is 1.02. The molecular weight excluding hydrogens is 304 g/mol. The monoisotopic (exact) mass is 309 g/mol. The van der Waals surface area contributed by atoms with Crippen LogP contribution in [0.15, 0.2) is 6.07 Å². The van der Waals surface area contributed by atoms with Crippen LogP contribution in [0, 0.1) is 0 Å². The van der Waals surface area contributed by atoms with Crippen molar-refractivity contribution < 1.29 is 4.79 Å². The first kappa shape index (κ1) is 17.1. The first-order valence-electron chi connectivity index (χ1n) is 4.10. The Hall–Kier alpha value is 1.08. The number of carbonyl (C=O) groups excluding carboxylic acids is 1. The molecule has 0 aliphatic rings. The maximum absolute atomic E-state index is 11.7. The summed E-state index contributed by atoms with van der Waals surface area (Å²) in [6.07, 6.45) is 0.746. The van der Waals surface area contributed by atoms with Gasteiger partial charge >= 0.3 is 0 Å². The number of halogens is 4. The van der Waals surface area contributed by atoms with Crippen LogP contribution in [0.3, 0.4) is 0 Å². The summed E-state index contributed by atoms with van der Waals surface area (Å²) in [6.45, 7) is 1.91. The summed E-state index contributed by atoms with van der Waals surface area (Å²) in [7, 11) is 0.127. The summed E-state index contributed by atoms with van der Waals surface area (Å²) in [6, 6.07) is 1.43. The van der Waals surface area contributed by atoms with Gasteiger partial charge in [-0.1, -0.05) is 53.3 Å². The van der Waals surface area contributed by atoms with Gasteiger partial charge in [0.1, 0.15) is 0 Å². The molecule has 0 heterocycles. The van der Waals surface area contributed by atoms with Crippen molar-refractivity contribution in [3.05, 3.63) is 31.7 Å². The quantitative estimate of drug-likeness (QED) is 0.447. The van der Waals surface area contributed by atoms with E-state index in [0.717, 1.165) is 6.16 Å². The Morgan fingerprint density at radius 3 is 2.00 bits per heavy atom. The minimum absolute atomic E-state index is 0. The molecule has 0 amide bonds. The zero-order valence-electron chi connectivity index (χ0n) is 8.70. The van der Waals surface area contributed by atoms with Gasteiger partial charge < -0.3 is 0 Å². The molecule has 83 valence electrons. The van der Waals surface area contributed by atoms with E-state index in [9.17, 15) is 4.79 Å². The number of hydrogen-bond acceptors (Lipinski definition) is 1. The van der Waals surface area contributed by atoms with Crippen molar-refractivity contribution in [2.24, 2.45) is 0 Å². The van der Waals surface area contributed by atoms with E-state index < -0.39 is 0 Å². The van der Waals surface area contributed by atoms with Crippen LogP contribution in [0.5, 0.6) is 0 Å². The average molecular weight is 311 g/mol. The fourth-order valence-corrected chi connectivity index (χ4v) is 2.91. The number of benzene rings is 1. The summed E-state index contributed by atoms with van der Waals surface area (Å²) < 4.78 is 0. The molecule has 0 aromatic heterocycles. The van der Waals surface area contributed by atoms with Crippen LogP contribution >= 0.6 is 55.0 Å². The van der Waals surface area contributed by atoms with Crippen molar-refractivity contribution >= 4 is 79.4 Å². The van der Waals surface area contributed by atoms with Crippen LogP contribution in [0.4, 0.5) is 0 Å². The summed E-state index contributed by atoms with van der Waals surface area (Å²) in [4.78, 5) is 11.7. The molecule has 0 fully saturated rings. The molecule has 0 aliphatic heterocycles. The Morgan fingerprint density at radius 1 is 1.19 bits per heavy atom. The SMILES string of the molecule is CCPC(=O)c1c(Cl)c(Cl)cc(Cl)c1Cl.[Li]. The van der Waals surface area contributed by atoms with Gasteiger partial charge in [0.05, 0.1) is 25.7 Å². The van der Waals surface area contributed by atoms with Crippen molar-refractivity contribution in [1.29, 1.82) is 0 Å². The molecule has 0 spiro atoms. The van der Waals surface area contributed by atoms with E-state index in [0.29, 0.717) is 0 Å². The second-order valence-corrected chi connectivity index (χ2v) is 5.79. The Balaban J connectivity index is 0.00000225. The average Bonchev–Trinajstić information content (AvgIpc) is 2.16. The zero-order valence-corrected chi connectivity index (χ0v) is 12.7. The van der Waals surface area contributed by atoms with Crippen molar-refractivity contribution in [3.8, 4) is 0 Å². The molecule has 1 rings (SSSR count). The molecule has 0 bridgehead atoms. The van der Waals surface area contributed by atoms with Crippen molar-refractivity contribution in [2.75, 3.05) is 6.16 Å². The van der Waals surface area contributed by atoms with Crippen LogP contribution in [-0.4, -0.2) is 30.5 Å². The second kappa shape index (κ2) is 7.50. The molecule has 1 aromatic rings. The van der Waals surface area contributed by atoms with Gasteiger partial charge in [0, 0.05) is 18.9 Å². The number of hydrogen-bond donors (Lipinski definition) is 0. The summed E-state index contributed by atoms with van der Waals surface area (Å²) in [5, 5.41) is 0.847. The number of carbonyl (C=O) groups is 1. The second-order valence-electron chi connectivity index (χ2n) is 2.70. The minimum Gasteiger partial charge on any atom is -0.289 e. The first-order valence-corrected chi connectivity index (χ1v) is 6.82. The third-order valence-corrected chi connectivity index (χ3v) is 4.18. The molecule has 0 aliphatic carbocycles. The molecular formula is C9H7Cl4LiOP. The normalized spacial score (nSPS) is 10.6. The predicted molar refractivity (Wildman–Crippen MR) is 75.4 cm³/mol. The molecule has 1 aromatic carbocycles. The summed E-state index contributed by atoms with van der Waals surface area (Å²) in [5.41, 5.74) is 0.118. The molecule has 16 heavy (non-hydrogen) atoms. The van der Waals surface area contributed by atoms with E-state index in [-0.39, 0.29) is 58.6 Å². The van der Waals surface area contributed by atoms with E-state index in [1.807, 2.05) is 6.92 Å². The van der Waals surface area contributed by atoms with E-state index in [1.54, 1.807) is 0 Å². The molecule has 0 N–H and O–H groups in total. The van der Waals surface area contributed by atoms with E-state index >= 15 is 0 Å². The summed E-state index contributed by atoms with van der Waals surface area (Å²) in [5.74, 6) is 0. The van der Waals surface area contributed by atoms with Crippen molar-refractivity contribution in [3.63, 3.8) is 0 Å². The van der Waals surface area contributed by atoms with Crippen LogP contribution < -0.4 is 0 Å². The third kappa shape index (κ3) is 3.79. The van der Waals surface area contributed by atoms with Gasteiger partial charge in [0.15, 0.2) is 5.52 Å². The van der Waals surface area contributed by atoms with Gasteiger partial charge in [-0.3, -0.25) is 4.79 Å². The topological polar surface area (TPSA) is 17.1 Å². The molecule has 1 atom stereocenters. The molecule has 1 unspecified atom stereocenters. The smallest absolute Gasteiger partial charge is 0.184 e. The zero-order chi connectivity index (χ0) is 11.6. The van der Waals surface area contributed by atoms with E-state index in [2.05, 4.69) is 0 Å². The third-order valence-electron chi connectivity index (χ3n) is 1.68. The van der Waals surface area contributed by atoms with Gasteiger partial charge in [-0.15, -0.1) is 0 Å². The van der Waals surface area contributed by atoms with Gasteiger partial charge in [-0.05, 0) is 20.8 Å². The van der Waals surface area contributed by atoms with Gasteiger partial charge in [0.2, 0.25) is 0 Å². The van der Waals surface area contributed by atoms with Crippen LogP contribution in [0.2, 0.25) is 20.1 Å². The molecule has 0 saturated carbocycles. The van der Waals surface area contributed by atoms with Crippen molar-refractivity contribution in [2.45, 2.75) is 6.92 Å². The fraction of sp³-hybridized carbons (Fsp3) is 0.222. The summed E-state index contributed by atoms with van der Waals surface area (Å²) >= 11 is 23.4. The van der Waals surface area contributed by atoms with E-state index in [1.165, 1.54) is 6.07 Å². The largest absolute Gasteiger partial charge is 0.289 e. The van der Waals surface area contributed by atoms with Crippen LogP contribution in [0.25, 0.3) is 0 Å². The Labute approximate surface area is 128 Å². The molecule has 7 heteroatoms. The van der Waals surface area contributed by atoms with Crippen molar-refractivity contribution in [1.82, 2.24) is 0 Å². The van der Waals surface area contributed by atoms with Gasteiger partial charge in [-0.25, -0.2) is 0 Å². The Morgan fingerprint density at radius 2 is 1.62 bits per heavy atom. The standard InChI is InChI=1S/C9H7Cl4OP.Li/c1-2-15-9(14)6-7(12)4(10)3-5(11)8(6)13;/h3,15H,2H2,1H3;. The maximum Gasteiger partial charge on any atom is 0.184 e. The first-order chi connectivity index (χ1) is 6.99. The maximum atomic E-state index is 11.7. The van der Waals surface area contributed by atoms with Crippen LogP contribution in [-0.2, 0) is 0 Å². The predicted octanol–water partition coefficient (Wildman–Crippen LogP) is 4.76. The molecule has 0 saturated heterocycles. The van der Waals surface area contributed by atoms with Crippen LogP contribution in [0.1, 0.15) is 17.3 Å².